The summed E-state index contributed by atoms with van der Waals surface area (Å²) in [6.07, 6.45) is -9.88. The number of hydrogen-bond donors (Lipinski definition) is 6. The second kappa shape index (κ2) is 13.7. The SMILES string of the molecule is O=C(O)C1O[C@@H](Oc2cc(-c3cccc(O)c3)ccc2[C@@H]2[C@@H](CC[C@H](O)c3ccc(F)cc3)C(=O)N2c2ccccc2)C(O)C(O)[C@@H]1O. The standard InChI is InChI=1S/C36H34FNO10/c37-22-12-9-19(10-13-22)27(40)16-15-26-29(38(34(26)44)23-6-2-1-3-7-23)25-14-11-21(20-5-4-8-24(39)17-20)18-28(25)47-36-32(43)30(41)31(42)33(48-36)35(45)46/h1-14,17-18,26-27,29-33,36,39-43H,15-16H2,(H,45,46)/t26-,27+,29-,30?,31+,32?,33?,36-/m1/s1. The van der Waals surface area contributed by atoms with Crippen molar-refractivity contribution in [1.29, 1.82) is 0 Å². The molecule has 48 heavy (non-hydrogen) atoms. The summed E-state index contributed by atoms with van der Waals surface area (Å²) < 4.78 is 25.0. The monoisotopic (exact) mass is 659 g/mol. The summed E-state index contributed by atoms with van der Waals surface area (Å²) in [4.78, 5) is 27.1. The van der Waals surface area contributed by atoms with Crippen LogP contribution < -0.4 is 9.64 Å². The second-order valence-electron chi connectivity index (χ2n) is 11.9. The van der Waals surface area contributed by atoms with Gasteiger partial charge in [-0.05, 0) is 72.0 Å². The Balaban J connectivity index is 1.39. The predicted octanol–water partition coefficient (Wildman–Crippen LogP) is 3.69. The maximum absolute atomic E-state index is 13.8. The number of phenols is 1. The van der Waals surface area contributed by atoms with Crippen LogP contribution in [-0.4, -0.2) is 73.2 Å². The largest absolute Gasteiger partial charge is 0.508 e. The number of rotatable bonds is 10. The summed E-state index contributed by atoms with van der Waals surface area (Å²) in [6.45, 7) is 0. The van der Waals surface area contributed by atoms with Crippen molar-refractivity contribution < 1.29 is 54.1 Å². The summed E-state index contributed by atoms with van der Waals surface area (Å²) in [6, 6.07) is 25.1. The Hall–Kier alpha value is -4.85. The number of aliphatic hydroxyl groups excluding tert-OH is 4. The average Bonchev–Trinajstić information content (AvgIpc) is 3.08. The van der Waals surface area contributed by atoms with Gasteiger partial charge < -0.3 is 45.0 Å². The molecule has 0 radical (unpaired) electrons. The number of carbonyl (C=O) groups is 2. The highest BCUT2D eigenvalue weighted by Crippen LogP contribution is 2.49. The third kappa shape index (κ3) is 6.48. The lowest BCUT2D eigenvalue weighted by Crippen LogP contribution is -2.61. The molecule has 4 aromatic rings. The molecule has 250 valence electrons. The number of β-lactam (4-membered cyclic amide) rings is 1. The van der Waals surface area contributed by atoms with Gasteiger partial charge in [0.1, 0.15) is 35.6 Å². The molecule has 11 nitrogen and oxygen atoms in total. The van der Waals surface area contributed by atoms with Crippen LogP contribution in [-0.2, 0) is 14.3 Å². The number of hydrogen-bond acceptors (Lipinski definition) is 9. The van der Waals surface area contributed by atoms with Gasteiger partial charge in [-0.15, -0.1) is 0 Å². The number of aromatic hydroxyl groups is 1. The Morgan fingerprint density at radius 1 is 0.875 bits per heavy atom. The number of phenolic OH excluding ortho intramolecular Hbond substituents is 1. The Morgan fingerprint density at radius 2 is 1.58 bits per heavy atom. The number of aliphatic carboxylic acids is 1. The van der Waals surface area contributed by atoms with E-state index < -0.39 is 60.6 Å². The van der Waals surface area contributed by atoms with Crippen LogP contribution in [0.25, 0.3) is 11.1 Å². The number of ether oxygens (including phenoxy) is 2. The summed E-state index contributed by atoms with van der Waals surface area (Å²) in [5.74, 6) is -2.81. The fraction of sp³-hybridized carbons (Fsp3) is 0.278. The number of anilines is 1. The lowest BCUT2D eigenvalue weighted by molar-refractivity contribution is -0.271. The molecule has 0 aromatic heterocycles. The number of para-hydroxylation sites is 1. The minimum absolute atomic E-state index is 0.00566. The molecule has 6 N–H and O–H groups in total. The van der Waals surface area contributed by atoms with E-state index in [2.05, 4.69) is 0 Å². The van der Waals surface area contributed by atoms with Gasteiger partial charge in [-0.3, -0.25) is 4.79 Å². The van der Waals surface area contributed by atoms with Crippen LogP contribution >= 0.6 is 0 Å². The van der Waals surface area contributed by atoms with E-state index in [0.29, 0.717) is 27.9 Å². The lowest BCUT2D eigenvalue weighted by Gasteiger charge is -2.48. The molecular formula is C36H34FNO10. The second-order valence-corrected chi connectivity index (χ2v) is 11.9. The van der Waals surface area contributed by atoms with Gasteiger partial charge in [0.05, 0.1) is 18.1 Å². The van der Waals surface area contributed by atoms with Crippen LogP contribution in [0, 0.1) is 11.7 Å². The summed E-state index contributed by atoms with van der Waals surface area (Å²) in [5, 5.41) is 62.0. The minimum atomic E-state index is -1.93. The zero-order valence-electron chi connectivity index (χ0n) is 25.4. The predicted molar refractivity (Wildman–Crippen MR) is 169 cm³/mol. The van der Waals surface area contributed by atoms with E-state index in [1.807, 2.05) is 0 Å². The van der Waals surface area contributed by atoms with Crippen LogP contribution in [0.5, 0.6) is 11.5 Å². The molecular weight excluding hydrogens is 625 g/mol. The number of halogens is 1. The molecule has 2 fully saturated rings. The quantitative estimate of drug-likeness (QED) is 0.138. The van der Waals surface area contributed by atoms with Gasteiger partial charge in [0.2, 0.25) is 12.2 Å². The molecule has 3 unspecified atom stereocenters. The number of amides is 1. The van der Waals surface area contributed by atoms with Gasteiger partial charge in [-0.2, -0.15) is 0 Å². The van der Waals surface area contributed by atoms with Gasteiger partial charge in [-0.1, -0.05) is 54.6 Å². The van der Waals surface area contributed by atoms with Crippen LogP contribution in [0.4, 0.5) is 10.1 Å². The van der Waals surface area contributed by atoms with Crippen LogP contribution in [0.1, 0.15) is 36.1 Å². The van der Waals surface area contributed by atoms with Crippen molar-refractivity contribution in [2.45, 2.75) is 55.7 Å². The maximum atomic E-state index is 13.8. The zero-order valence-corrected chi connectivity index (χ0v) is 25.4. The normalized spacial score (nSPS) is 26.1. The third-order valence-electron chi connectivity index (χ3n) is 8.82. The van der Waals surface area contributed by atoms with Crippen molar-refractivity contribution >= 4 is 17.6 Å². The fourth-order valence-corrected chi connectivity index (χ4v) is 6.27. The topological polar surface area (TPSA) is 177 Å². The van der Waals surface area contributed by atoms with Gasteiger partial charge in [-0.25, -0.2) is 9.18 Å². The van der Waals surface area contributed by atoms with Gasteiger partial charge in [0.15, 0.2) is 6.10 Å². The van der Waals surface area contributed by atoms with Crippen molar-refractivity contribution in [3.8, 4) is 22.6 Å². The molecule has 8 atom stereocenters. The van der Waals surface area contributed by atoms with Crippen molar-refractivity contribution in [3.63, 3.8) is 0 Å². The smallest absolute Gasteiger partial charge is 0.335 e. The lowest BCUT2D eigenvalue weighted by atomic mass is 9.77. The Bertz CT molecular complexity index is 1770. The minimum Gasteiger partial charge on any atom is -0.508 e. The molecule has 2 aliphatic heterocycles. The first-order valence-corrected chi connectivity index (χ1v) is 15.4. The van der Waals surface area contributed by atoms with Crippen LogP contribution in [0.15, 0.2) is 97.1 Å². The van der Waals surface area contributed by atoms with Crippen LogP contribution in [0.3, 0.4) is 0 Å². The number of carboxylic acids is 1. The van der Waals surface area contributed by atoms with E-state index in [-0.39, 0.29) is 30.2 Å². The first kappa shape index (κ1) is 33.1. The molecule has 0 saturated carbocycles. The van der Waals surface area contributed by atoms with Crippen molar-refractivity contribution in [1.82, 2.24) is 0 Å². The first-order valence-electron chi connectivity index (χ1n) is 15.4. The van der Waals surface area contributed by atoms with E-state index in [4.69, 9.17) is 9.47 Å². The summed E-state index contributed by atoms with van der Waals surface area (Å²) in [7, 11) is 0. The highest BCUT2D eigenvalue weighted by Gasteiger charge is 2.51. The maximum Gasteiger partial charge on any atom is 0.335 e. The first-order chi connectivity index (χ1) is 23.0. The molecule has 0 bridgehead atoms. The van der Waals surface area contributed by atoms with Gasteiger partial charge in [0, 0.05) is 11.3 Å². The number of benzene rings is 4. The summed E-state index contributed by atoms with van der Waals surface area (Å²) >= 11 is 0. The van der Waals surface area contributed by atoms with E-state index >= 15 is 0 Å². The molecule has 12 heteroatoms. The highest BCUT2D eigenvalue weighted by molar-refractivity contribution is 6.03. The molecule has 2 heterocycles. The van der Waals surface area contributed by atoms with Crippen molar-refractivity contribution in [2.75, 3.05) is 4.90 Å². The number of aliphatic hydroxyl groups is 4. The number of carboxylic acid groups (broad SMARTS) is 1. The Morgan fingerprint density at radius 3 is 2.27 bits per heavy atom. The molecule has 0 aliphatic carbocycles. The zero-order chi connectivity index (χ0) is 34.1. The van der Waals surface area contributed by atoms with Crippen molar-refractivity contribution in [3.05, 3.63) is 114 Å². The molecule has 0 spiro atoms. The number of nitrogens with zero attached hydrogens (tertiary/aromatic N) is 1. The van der Waals surface area contributed by atoms with E-state index in [9.17, 15) is 44.6 Å². The molecule has 2 aliphatic rings. The van der Waals surface area contributed by atoms with E-state index in [0.717, 1.165) is 0 Å². The summed E-state index contributed by atoms with van der Waals surface area (Å²) in [5.41, 5.74) is 2.69. The average molecular weight is 660 g/mol. The Labute approximate surface area is 274 Å². The fourth-order valence-electron chi connectivity index (χ4n) is 6.27. The highest BCUT2D eigenvalue weighted by atomic mass is 19.1. The molecule has 4 aromatic carbocycles. The molecule has 6 rings (SSSR count). The van der Waals surface area contributed by atoms with Gasteiger partial charge in [0.25, 0.3) is 0 Å². The van der Waals surface area contributed by atoms with Crippen LogP contribution in [0.2, 0.25) is 0 Å². The van der Waals surface area contributed by atoms with E-state index in [1.54, 1.807) is 65.6 Å². The van der Waals surface area contributed by atoms with Crippen molar-refractivity contribution in [2.24, 2.45) is 5.92 Å². The molecule has 2 saturated heterocycles. The van der Waals surface area contributed by atoms with E-state index in [1.165, 1.54) is 36.4 Å². The third-order valence-corrected chi connectivity index (χ3v) is 8.82. The Kier molecular flexibility index (Phi) is 9.45. The molecule has 1 amide bonds. The van der Waals surface area contributed by atoms with Gasteiger partial charge >= 0.3 is 5.97 Å². The number of carbonyl (C=O) groups excluding carboxylic acids is 1.